The molecule has 0 saturated carbocycles. The Kier molecular flexibility index (Phi) is 8.75. The summed E-state index contributed by atoms with van der Waals surface area (Å²) in [5.74, 6) is -1.96. The van der Waals surface area contributed by atoms with E-state index in [4.69, 9.17) is 10.7 Å². The summed E-state index contributed by atoms with van der Waals surface area (Å²) in [5, 5.41) is 3.29. The lowest BCUT2D eigenvalue weighted by molar-refractivity contribution is 0.0114. The molecular formula is C25H34F2N4. The first-order valence-corrected chi connectivity index (χ1v) is 10.6. The van der Waals surface area contributed by atoms with E-state index in [2.05, 4.69) is 18.5 Å². The van der Waals surface area contributed by atoms with Crippen LogP contribution in [0.25, 0.3) is 5.70 Å². The zero-order valence-electron chi connectivity index (χ0n) is 18.8. The molecule has 0 radical (unpaired) electrons. The van der Waals surface area contributed by atoms with Gasteiger partial charge in [-0.2, -0.15) is 0 Å². The molecule has 1 aliphatic heterocycles. The number of hydrogen-bond acceptors (Lipinski definition) is 4. The molecule has 2 rings (SSSR count). The minimum atomic E-state index is -2.69. The van der Waals surface area contributed by atoms with Crippen LogP contribution in [-0.2, 0) is 0 Å². The summed E-state index contributed by atoms with van der Waals surface area (Å²) in [5.41, 5.74) is 11.2. The summed E-state index contributed by atoms with van der Waals surface area (Å²) in [6.07, 6.45) is 4.47. The molecule has 0 fully saturated rings. The Hall–Kier alpha value is -2.73. The topological polar surface area (TPSA) is 53.6 Å². The SMILES string of the molecule is C=C(CN1C(=C)C=C(c2ccc(C)cc2)N=C1CCCC(C)(F)F)NC/C(C)=C/CN. The van der Waals surface area contributed by atoms with Crippen molar-refractivity contribution in [2.24, 2.45) is 10.7 Å². The largest absolute Gasteiger partial charge is 0.384 e. The van der Waals surface area contributed by atoms with Crippen molar-refractivity contribution in [2.45, 2.75) is 46.0 Å². The third-order valence-electron chi connectivity index (χ3n) is 5.01. The van der Waals surface area contributed by atoms with E-state index in [1.165, 1.54) is 0 Å². The highest BCUT2D eigenvalue weighted by atomic mass is 19.3. The zero-order chi connectivity index (χ0) is 23.0. The molecule has 0 unspecified atom stereocenters. The van der Waals surface area contributed by atoms with Crippen LogP contribution in [0, 0.1) is 6.92 Å². The average molecular weight is 429 g/mol. The minimum Gasteiger partial charge on any atom is -0.384 e. The maximum atomic E-state index is 13.4. The van der Waals surface area contributed by atoms with Crippen molar-refractivity contribution in [3.05, 3.63) is 77.7 Å². The molecule has 0 saturated heterocycles. The Morgan fingerprint density at radius 2 is 1.97 bits per heavy atom. The second kappa shape index (κ2) is 11.0. The highest BCUT2D eigenvalue weighted by Crippen LogP contribution is 2.28. The number of halogens is 2. The van der Waals surface area contributed by atoms with Crippen molar-refractivity contribution in [2.75, 3.05) is 19.6 Å². The van der Waals surface area contributed by atoms with E-state index < -0.39 is 5.92 Å². The molecule has 0 bridgehead atoms. The van der Waals surface area contributed by atoms with Crippen molar-refractivity contribution >= 4 is 11.5 Å². The predicted octanol–water partition coefficient (Wildman–Crippen LogP) is 5.40. The number of nitrogens with two attached hydrogens (primary N) is 1. The summed E-state index contributed by atoms with van der Waals surface area (Å²) < 4.78 is 26.7. The number of nitrogens with zero attached hydrogens (tertiary/aromatic N) is 2. The van der Waals surface area contributed by atoms with Crippen LogP contribution in [0.3, 0.4) is 0 Å². The fourth-order valence-corrected chi connectivity index (χ4v) is 3.23. The second-order valence-electron chi connectivity index (χ2n) is 8.17. The molecule has 0 spiro atoms. The van der Waals surface area contributed by atoms with Crippen LogP contribution in [0.1, 0.15) is 44.2 Å². The number of benzene rings is 1. The summed E-state index contributed by atoms with van der Waals surface area (Å²) in [6, 6.07) is 8.08. The van der Waals surface area contributed by atoms with Gasteiger partial charge in [0.15, 0.2) is 0 Å². The zero-order valence-corrected chi connectivity index (χ0v) is 18.8. The molecule has 4 nitrogen and oxygen atoms in total. The van der Waals surface area contributed by atoms with Gasteiger partial charge in [-0.15, -0.1) is 0 Å². The molecule has 1 aromatic carbocycles. The van der Waals surface area contributed by atoms with Gasteiger partial charge in [0.05, 0.1) is 12.2 Å². The highest BCUT2D eigenvalue weighted by Gasteiger charge is 2.24. The van der Waals surface area contributed by atoms with Gasteiger partial charge in [-0.25, -0.2) is 13.8 Å². The lowest BCUT2D eigenvalue weighted by Crippen LogP contribution is -2.36. The molecule has 0 aliphatic carbocycles. The lowest BCUT2D eigenvalue weighted by atomic mass is 10.1. The molecule has 1 heterocycles. The van der Waals surface area contributed by atoms with Crippen LogP contribution in [-0.4, -0.2) is 36.3 Å². The van der Waals surface area contributed by atoms with Gasteiger partial charge in [0.2, 0.25) is 5.92 Å². The quantitative estimate of drug-likeness (QED) is 0.464. The predicted molar refractivity (Wildman–Crippen MR) is 127 cm³/mol. The molecular weight excluding hydrogens is 394 g/mol. The van der Waals surface area contributed by atoms with E-state index >= 15 is 0 Å². The van der Waals surface area contributed by atoms with Crippen LogP contribution >= 0.6 is 0 Å². The summed E-state index contributed by atoms with van der Waals surface area (Å²) in [4.78, 5) is 6.76. The van der Waals surface area contributed by atoms with Crippen LogP contribution in [0.2, 0.25) is 0 Å². The van der Waals surface area contributed by atoms with E-state index in [0.29, 0.717) is 32.5 Å². The Balaban J connectivity index is 2.18. The molecule has 0 amide bonds. The van der Waals surface area contributed by atoms with E-state index in [0.717, 1.165) is 46.6 Å². The van der Waals surface area contributed by atoms with Gasteiger partial charge in [-0.1, -0.05) is 54.6 Å². The van der Waals surface area contributed by atoms with Gasteiger partial charge in [-0.3, -0.25) is 0 Å². The summed E-state index contributed by atoms with van der Waals surface area (Å²) in [7, 11) is 0. The number of hydrogen-bond donors (Lipinski definition) is 2. The fraction of sp³-hybridized carbons (Fsp3) is 0.400. The van der Waals surface area contributed by atoms with Crippen LogP contribution < -0.4 is 11.1 Å². The molecule has 168 valence electrons. The molecule has 1 aliphatic rings. The first-order valence-electron chi connectivity index (χ1n) is 10.6. The van der Waals surface area contributed by atoms with Crippen LogP contribution in [0.15, 0.2) is 71.5 Å². The molecule has 0 atom stereocenters. The van der Waals surface area contributed by atoms with Crippen molar-refractivity contribution in [1.82, 2.24) is 10.2 Å². The maximum Gasteiger partial charge on any atom is 0.245 e. The third-order valence-corrected chi connectivity index (χ3v) is 5.01. The van der Waals surface area contributed by atoms with Gasteiger partial charge >= 0.3 is 0 Å². The van der Waals surface area contributed by atoms with E-state index in [1.54, 1.807) is 0 Å². The number of amidine groups is 1. The highest BCUT2D eigenvalue weighted by molar-refractivity contribution is 5.93. The molecule has 1 aromatic rings. The van der Waals surface area contributed by atoms with Crippen molar-refractivity contribution in [3.63, 3.8) is 0 Å². The van der Waals surface area contributed by atoms with Gasteiger partial charge in [0, 0.05) is 42.9 Å². The number of aryl methyl sites for hydroxylation is 1. The minimum absolute atomic E-state index is 0.182. The van der Waals surface area contributed by atoms with Gasteiger partial charge < -0.3 is 16.0 Å². The van der Waals surface area contributed by atoms with Gasteiger partial charge in [0.25, 0.3) is 0 Å². The number of alkyl halides is 2. The monoisotopic (exact) mass is 428 g/mol. The maximum absolute atomic E-state index is 13.4. The molecule has 0 aromatic heterocycles. The van der Waals surface area contributed by atoms with Crippen molar-refractivity contribution in [3.8, 4) is 0 Å². The van der Waals surface area contributed by atoms with Crippen molar-refractivity contribution < 1.29 is 8.78 Å². The van der Waals surface area contributed by atoms with Crippen molar-refractivity contribution in [1.29, 1.82) is 0 Å². The molecule has 3 N–H and O–H groups in total. The van der Waals surface area contributed by atoms with Crippen LogP contribution in [0.5, 0.6) is 0 Å². The number of nitrogens with one attached hydrogen (secondary N) is 1. The Morgan fingerprint density at radius 3 is 2.58 bits per heavy atom. The van der Waals surface area contributed by atoms with Gasteiger partial charge in [-0.05, 0) is 33.3 Å². The average Bonchev–Trinajstić information content (AvgIpc) is 2.68. The van der Waals surface area contributed by atoms with Crippen LogP contribution in [0.4, 0.5) is 8.78 Å². The Labute approximate surface area is 184 Å². The van der Waals surface area contributed by atoms with Gasteiger partial charge in [0.1, 0.15) is 5.84 Å². The Morgan fingerprint density at radius 1 is 1.29 bits per heavy atom. The molecule has 6 heteroatoms. The first-order chi connectivity index (χ1) is 14.6. The summed E-state index contributed by atoms with van der Waals surface area (Å²) >= 11 is 0. The molecule has 31 heavy (non-hydrogen) atoms. The summed E-state index contributed by atoms with van der Waals surface area (Å²) in [6.45, 7) is 14.9. The normalized spacial score (nSPS) is 15.0. The second-order valence-corrected chi connectivity index (χ2v) is 8.17. The Bertz CT molecular complexity index is 874. The fourth-order valence-electron chi connectivity index (χ4n) is 3.23. The smallest absolute Gasteiger partial charge is 0.245 e. The standard InChI is InChI=1S/C25H34F2N4/c1-18-8-10-22(11-9-18)23-15-21(4)31(17-20(3)29-16-19(2)12-14-28)24(30-23)7-6-13-25(5,26)27/h8-12,15,29H,3-4,6-7,13-14,16-17,28H2,1-2,5H3/b19-12+. The number of allylic oxidation sites excluding steroid dienone is 1. The van der Waals surface area contributed by atoms with E-state index in [1.807, 2.05) is 55.2 Å². The van der Waals surface area contributed by atoms with E-state index in [-0.39, 0.29) is 6.42 Å². The third kappa shape index (κ3) is 8.13. The first kappa shape index (κ1) is 24.5. The number of aliphatic imine (C=N–C) groups is 1. The lowest BCUT2D eigenvalue weighted by Gasteiger charge is -2.31. The number of rotatable bonds is 11. The van der Waals surface area contributed by atoms with E-state index in [9.17, 15) is 8.78 Å².